The van der Waals surface area contributed by atoms with Gasteiger partial charge in [-0.3, -0.25) is 9.35 Å². The first-order valence-corrected chi connectivity index (χ1v) is 9.09. The predicted octanol–water partition coefficient (Wildman–Crippen LogP) is 2.73. The van der Waals surface area contributed by atoms with E-state index in [0.717, 1.165) is 6.07 Å². The number of para-hydroxylation sites is 1. The lowest BCUT2D eigenvalue weighted by molar-refractivity contribution is 0.318. The van der Waals surface area contributed by atoms with E-state index in [1.165, 1.54) is 27.4 Å². The van der Waals surface area contributed by atoms with Crippen LogP contribution in [-0.2, 0) is 10.1 Å². The van der Waals surface area contributed by atoms with Crippen LogP contribution in [0.15, 0.2) is 50.5 Å². The molecule has 0 aliphatic rings. The summed E-state index contributed by atoms with van der Waals surface area (Å²) in [4.78, 5) is 11.9. The van der Waals surface area contributed by atoms with Gasteiger partial charge in [-0.05, 0) is 18.2 Å². The number of ether oxygens (including phenoxy) is 3. The summed E-state index contributed by atoms with van der Waals surface area (Å²) in [5, 5.41) is 0.371. The van der Waals surface area contributed by atoms with Gasteiger partial charge in [-0.1, -0.05) is 12.1 Å². The molecule has 3 rings (SSSR count). The van der Waals surface area contributed by atoms with Gasteiger partial charge < -0.3 is 18.6 Å². The van der Waals surface area contributed by atoms with Crippen LogP contribution in [0, 0.1) is 0 Å². The summed E-state index contributed by atoms with van der Waals surface area (Å²) in [6.45, 7) is 0. The van der Waals surface area contributed by atoms with Gasteiger partial charge in [0.1, 0.15) is 16.2 Å². The molecule has 0 radical (unpaired) electrons. The molecule has 9 heteroatoms. The van der Waals surface area contributed by atoms with E-state index in [9.17, 15) is 17.8 Å². The summed E-state index contributed by atoms with van der Waals surface area (Å²) in [7, 11) is -0.816. The van der Waals surface area contributed by atoms with Crippen molar-refractivity contribution < 1.29 is 31.6 Å². The largest absolute Gasteiger partial charge is 0.492 e. The maximum Gasteiger partial charge on any atom is 0.298 e. The molecular formula is C18H16O8S. The van der Waals surface area contributed by atoms with E-state index in [4.69, 9.17) is 18.6 Å². The zero-order valence-electron chi connectivity index (χ0n) is 14.7. The number of fused-ring (bicyclic) bond motifs is 1. The normalized spacial score (nSPS) is 11.4. The first kappa shape index (κ1) is 18.7. The molecule has 0 saturated carbocycles. The van der Waals surface area contributed by atoms with Crippen molar-refractivity contribution >= 4 is 21.1 Å². The van der Waals surface area contributed by atoms with Gasteiger partial charge in [0.05, 0.1) is 32.3 Å². The lowest BCUT2D eigenvalue weighted by Gasteiger charge is -2.18. The fourth-order valence-electron chi connectivity index (χ4n) is 2.79. The van der Waals surface area contributed by atoms with Crippen LogP contribution in [0.1, 0.15) is 0 Å². The monoisotopic (exact) mass is 392 g/mol. The molecule has 0 aliphatic carbocycles. The van der Waals surface area contributed by atoms with Crippen LogP contribution in [0.2, 0.25) is 0 Å². The minimum atomic E-state index is -4.67. The van der Waals surface area contributed by atoms with E-state index < -0.39 is 15.0 Å². The van der Waals surface area contributed by atoms with Crippen LogP contribution >= 0.6 is 0 Å². The lowest BCUT2D eigenvalue weighted by Crippen LogP contribution is -2.07. The third-order valence-corrected chi connectivity index (χ3v) is 4.81. The zero-order chi connectivity index (χ0) is 19.8. The molecule has 2 aromatic carbocycles. The van der Waals surface area contributed by atoms with Crippen LogP contribution in [0.25, 0.3) is 22.3 Å². The van der Waals surface area contributed by atoms with Crippen LogP contribution < -0.4 is 19.6 Å². The molecule has 8 nitrogen and oxygen atoms in total. The van der Waals surface area contributed by atoms with Gasteiger partial charge in [-0.15, -0.1) is 0 Å². The van der Waals surface area contributed by atoms with Crippen molar-refractivity contribution in [3.8, 4) is 28.6 Å². The standard InChI is InChI=1S/C18H16O8S/c1-23-16-11(8-15(27(20,21)22)17(24-2)18(16)25-3)14-9-12(19)10-6-4-5-7-13(10)26-14/h4-9H,1-3H3,(H,20,21,22). The Kier molecular flexibility index (Phi) is 4.81. The maximum absolute atomic E-state index is 12.4. The third kappa shape index (κ3) is 3.22. The molecule has 1 N–H and O–H groups in total. The number of hydrogen-bond donors (Lipinski definition) is 1. The minimum Gasteiger partial charge on any atom is -0.492 e. The molecule has 142 valence electrons. The first-order valence-electron chi connectivity index (χ1n) is 7.65. The van der Waals surface area contributed by atoms with Crippen molar-refractivity contribution in [2.45, 2.75) is 4.90 Å². The van der Waals surface area contributed by atoms with E-state index in [-0.39, 0.29) is 34.0 Å². The first-order chi connectivity index (χ1) is 12.8. The molecular weight excluding hydrogens is 376 g/mol. The Morgan fingerprint density at radius 2 is 1.56 bits per heavy atom. The Morgan fingerprint density at radius 3 is 2.15 bits per heavy atom. The number of rotatable bonds is 5. The van der Waals surface area contributed by atoms with Crippen molar-refractivity contribution in [3.05, 3.63) is 46.6 Å². The quantitative estimate of drug-likeness (QED) is 0.660. The smallest absolute Gasteiger partial charge is 0.298 e. The molecule has 3 aromatic rings. The van der Waals surface area contributed by atoms with Crippen molar-refractivity contribution in [2.24, 2.45) is 0 Å². The molecule has 0 saturated heterocycles. The lowest BCUT2D eigenvalue weighted by atomic mass is 10.1. The summed E-state index contributed by atoms with van der Waals surface area (Å²) in [6.07, 6.45) is 0. The van der Waals surface area contributed by atoms with Crippen LogP contribution in [0.5, 0.6) is 17.2 Å². The average Bonchev–Trinajstić information content (AvgIpc) is 2.65. The maximum atomic E-state index is 12.4. The van der Waals surface area contributed by atoms with E-state index in [2.05, 4.69) is 0 Å². The second-order valence-electron chi connectivity index (χ2n) is 5.47. The molecule has 27 heavy (non-hydrogen) atoms. The topological polar surface area (TPSA) is 112 Å². The second-order valence-corrected chi connectivity index (χ2v) is 6.86. The highest BCUT2D eigenvalue weighted by molar-refractivity contribution is 7.86. The summed E-state index contributed by atoms with van der Waals surface area (Å²) < 4.78 is 54.7. The fourth-order valence-corrected chi connectivity index (χ4v) is 3.47. The van der Waals surface area contributed by atoms with Crippen molar-refractivity contribution in [1.82, 2.24) is 0 Å². The highest BCUT2D eigenvalue weighted by Crippen LogP contribution is 2.48. The second kappa shape index (κ2) is 6.93. The Labute approximate surface area is 154 Å². The molecule has 0 bridgehead atoms. The highest BCUT2D eigenvalue weighted by Gasteiger charge is 2.28. The van der Waals surface area contributed by atoms with E-state index >= 15 is 0 Å². The van der Waals surface area contributed by atoms with Crippen molar-refractivity contribution in [1.29, 1.82) is 0 Å². The summed E-state index contributed by atoms with van der Waals surface area (Å²) in [5.74, 6) is -0.175. The van der Waals surface area contributed by atoms with Crippen molar-refractivity contribution in [2.75, 3.05) is 21.3 Å². The van der Waals surface area contributed by atoms with E-state index in [1.54, 1.807) is 24.3 Å². The van der Waals surface area contributed by atoms with Gasteiger partial charge in [-0.25, -0.2) is 0 Å². The molecule has 0 spiro atoms. The molecule has 0 fully saturated rings. The molecule has 1 aromatic heterocycles. The van der Waals surface area contributed by atoms with Crippen LogP contribution in [0.4, 0.5) is 0 Å². The summed E-state index contributed by atoms with van der Waals surface area (Å²) in [6, 6.07) is 8.93. The van der Waals surface area contributed by atoms with E-state index in [1.807, 2.05) is 0 Å². The summed E-state index contributed by atoms with van der Waals surface area (Å²) >= 11 is 0. The number of methoxy groups -OCH3 is 3. The third-order valence-electron chi connectivity index (χ3n) is 3.95. The van der Waals surface area contributed by atoms with E-state index in [0.29, 0.717) is 11.0 Å². The fraction of sp³-hybridized carbons (Fsp3) is 0.167. The number of hydrogen-bond acceptors (Lipinski definition) is 7. The molecule has 0 aliphatic heterocycles. The molecule has 0 amide bonds. The Bertz CT molecular complexity index is 1180. The molecule has 1 heterocycles. The SMILES string of the molecule is COc1c(-c2cc(=O)c3ccccc3o2)cc(S(=O)(=O)O)c(OC)c1OC. The van der Waals surface area contributed by atoms with Gasteiger partial charge >= 0.3 is 0 Å². The Hall–Kier alpha value is -3.04. The number of benzene rings is 2. The average molecular weight is 392 g/mol. The Morgan fingerprint density at radius 1 is 0.926 bits per heavy atom. The van der Waals surface area contributed by atoms with Gasteiger partial charge in [0, 0.05) is 6.07 Å². The molecule has 0 atom stereocenters. The van der Waals surface area contributed by atoms with Crippen molar-refractivity contribution in [3.63, 3.8) is 0 Å². The molecule has 0 unspecified atom stereocenters. The zero-order valence-corrected chi connectivity index (χ0v) is 15.5. The van der Waals surface area contributed by atoms with Crippen LogP contribution in [0.3, 0.4) is 0 Å². The van der Waals surface area contributed by atoms with Gasteiger partial charge in [-0.2, -0.15) is 8.42 Å². The van der Waals surface area contributed by atoms with Gasteiger partial charge in [0.25, 0.3) is 10.1 Å². The highest BCUT2D eigenvalue weighted by atomic mass is 32.2. The van der Waals surface area contributed by atoms with Crippen LogP contribution in [-0.4, -0.2) is 34.3 Å². The van der Waals surface area contributed by atoms with Gasteiger partial charge in [0.15, 0.2) is 16.9 Å². The Balaban J connectivity index is 2.44. The minimum absolute atomic E-state index is 0.0430. The summed E-state index contributed by atoms with van der Waals surface area (Å²) in [5.41, 5.74) is 0.0907. The van der Waals surface area contributed by atoms with Gasteiger partial charge in [0.2, 0.25) is 5.75 Å². The predicted molar refractivity (Wildman–Crippen MR) is 97.4 cm³/mol.